The molecule has 5 nitrogen and oxygen atoms in total. The van der Waals surface area contributed by atoms with Crippen LogP contribution in [0.4, 0.5) is 0 Å². The van der Waals surface area contributed by atoms with Crippen LogP contribution in [-0.4, -0.2) is 52.9 Å². The van der Waals surface area contributed by atoms with Gasteiger partial charge in [0.1, 0.15) is 0 Å². The Hall–Kier alpha value is -0.650. The molecule has 4 N–H and O–H groups in total. The van der Waals surface area contributed by atoms with E-state index in [9.17, 15) is 15.0 Å². The van der Waals surface area contributed by atoms with Crippen molar-refractivity contribution < 1.29 is 15.0 Å². The lowest BCUT2D eigenvalue weighted by Gasteiger charge is -2.21. The van der Waals surface area contributed by atoms with Gasteiger partial charge in [0.15, 0.2) is 0 Å². The molecule has 3 atom stereocenters. The highest BCUT2D eigenvalue weighted by Crippen LogP contribution is 2.18. The summed E-state index contributed by atoms with van der Waals surface area (Å²) in [5.74, 6) is 0.695. The molecule has 0 aromatic rings. The molecule has 1 heterocycles. The fraction of sp³-hybridized carbons (Fsp3) is 0.917. The zero-order valence-electron chi connectivity index (χ0n) is 10.7. The molecule has 1 saturated heterocycles. The Morgan fingerprint density at radius 1 is 1.35 bits per heavy atom. The van der Waals surface area contributed by atoms with Gasteiger partial charge in [0.25, 0.3) is 0 Å². The second-order valence-electron chi connectivity index (χ2n) is 5.37. The summed E-state index contributed by atoms with van der Waals surface area (Å²) < 4.78 is 0. The second-order valence-corrected chi connectivity index (χ2v) is 5.37. The maximum atomic E-state index is 11.9. The van der Waals surface area contributed by atoms with Crippen LogP contribution in [0.15, 0.2) is 0 Å². The van der Waals surface area contributed by atoms with Crippen molar-refractivity contribution in [1.29, 1.82) is 0 Å². The van der Waals surface area contributed by atoms with Gasteiger partial charge in [0.05, 0.1) is 12.2 Å². The van der Waals surface area contributed by atoms with E-state index in [0.717, 1.165) is 6.42 Å². The van der Waals surface area contributed by atoms with Gasteiger partial charge in [-0.2, -0.15) is 0 Å². The van der Waals surface area contributed by atoms with E-state index in [2.05, 4.69) is 13.8 Å². The summed E-state index contributed by atoms with van der Waals surface area (Å²) in [6.45, 7) is 5.19. The van der Waals surface area contributed by atoms with Crippen LogP contribution in [0.25, 0.3) is 0 Å². The minimum absolute atomic E-state index is 0.0169. The Balaban J connectivity index is 2.42. The predicted molar refractivity (Wildman–Crippen MR) is 65.2 cm³/mol. The number of nitrogens with two attached hydrogens (primary N) is 1. The number of nitrogens with zero attached hydrogens (tertiary/aromatic N) is 1. The SMILES string of the molecule is CC(C)CC(CN)CC(=O)N1C[C@@H](O)[C@@H](O)C1. The van der Waals surface area contributed by atoms with Crippen LogP contribution in [0.3, 0.4) is 0 Å². The van der Waals surface area contributed by atoms with E-state index in [4.69, 9.17) is 5.73 Å². The summed E-state index contributed by atoms with van der Waals surface area (Å²) in [6.07, 6.45) is -0.268. The van der Waals surface area contributed by atoms with E-state index in [1.54, 1.807) is 0 Å². The van der Waals surface area contributed by atoms with Crippen molar-refractivity contribution in [3.63, 3.8) is 0 Å². The van der Waals surface area contributed by atoms with Crippen molar-refractivity contribution >= 4 is 5.91 Å². The fourth-order valence-electron chi connectivity index (χ4n) is 2.28. The van der Waals surface area contributed by atoms with Crippen LogP contribution in [0.1, 0.15) is 26.7 Å². The Labute approximate surface area is 103 Å². The Bertz CT molecular complexity index is 248. The Kier molecular flexibility index (Phi) is 5.36. The maximum absolute atomic E-state index is 11.9. The maximum Gasteiger partial charge on any atom is 0.223 e. The highest BCUT2D eigenvalue weighted by atomic mass is 16.3. The fourth-order valence-corrected chi connectivity index (χ4v) is 2.28. The van der Waals surface area contributed by atoms with Gasteiger partial charge in [0.2, 0.25) is 5.91 Å². The average Bonchev–Trinajstić information content (AvgIpc) is 2.57. The van der Waals surface area contributed by atoms with E-state index >= 15 is 0 Å². The molecule has 5 heteroatoms. The van der Waals surface area contributed by atoms with Gasteiger partial charge in [-0.25, -0.2) is 0 Å². The minimum atomic E-state index is -0.805. The van der Waals surface area contributed by atoms with Gasteiger partial charge in [-0.3, -0.25) is 4.79 Å². The Morgan fingerprint density at radius 2 is 1.88 bits per heavy atom. The van der Waals surface area contributed by atoms with Gasteiger partial charge in [0, 0.05) is 19.5 Å². The first-order valence-electron chi connectivity index (χ1n) is 6.28. The van der Waals surface area contributed by atoms with Crippen LogP contribution < -0.4 is 5.73 Å². The number of rotatable bonds is 5. The summed E-state index contributed by atoms with van der Waals surface area (Å²) in [7, 11) is 0. The van der Waals surface area contributed by atoms with Gasteiger partial charge in [-0.1, -0.05) is 13.8 Å². The number of hydrogen-bond acceptors (Lipinski definition) is 4. The largest absolute Gasteiger partial charge is 0.388 e. The van der Waals surface area contributed by atoms with E-state index in [-0.39, 0.29) is 24.9 Å². The quantitative estimate of drug-likeness (QED) is 0.612. The molecular formula is C12H24N2O3. The molecule has 1 aliphatic rings. The molecule has 0 bridgehead atoms. The van der Waals surface area contributed by atoms with Gasteiger partial charge in [-0.15, -0.1) is 0 Å². The molecule has 1 aliphatic heterocycles. The third kappa shape index (κ3) is 4.26. The molecule has 1 fully saturated rings. The molecule has 1 amide bonds. The summed E-state index contributed by atoms with van der Waals surface area (Å²) in [5, 5.41) is 18.8. The number of β-amino-alcohol motifs (C(OH)–C–C–N with tert-alkyl or cyclic N) is 2. The van der Waals surface area contributed by atoms with E-state index in [0.29, 0.717) is 18.9 Å². The molecule has 0 spiro atoms. The molecule has 0 aromatic heterocycles. The van der Waals surface area contributed by atoms with Crippen molar-refractivity contribution in [3.8, 4) is 0 Å². The van der Waals surface area contributed by atoms with Crippen molar-refractivity contribution in [2.24, 2.45) is 17.6 Å². The number of carbonyl (C=O) groups excluding carboxylic acids is 1. The average molecular weight is 244 g/mol. The first-order chi connectivity index (χ1) is 7.93. The van der Waals surface area contributed by atoms with Crippen LogP contribution in [-0.2, 0) is 4.79 Å². The molecule has 0 aromatic carbocycles. The molecule has 100 valence electrons. The molecule has 1 unspecified atom stereocenters. The first-order valence-corrected chi connectivity index (χ1v) is 6.28. The zero-order chi connectivity index (χ0) is 13.0. The van der Waals surface area contributed by atoms with Crippen molar-refractivity contribution in [3.05, 3.63) is 0 Å². The first kappa shape index (κ1) is 14.4. The number of aliphatic hydroxyl groups excluding tert-OH is 2. The van der Waals surface area contributed by atoms with Crippen LogP contribution in [0.5, 0.6) is 0 Å². The molecule has 0 aliphatic carbocycles. The van der Waals surface area contributed by atoms with Crippen LogP contribution in [0.2, 0.25) is 0 Å². The monoisotopic (exact) mass is 244 g/mol. The standard InChI is InChI=1S/C12H24N2O3/c1-8(2)3-9(5-13)4-12(17)14-6-10(15)11(16)7-14/h8-11,15-16H,3-7,13H2,1-2H3/t9?,10-,11+. The van der Waals surface area contributed by atoms with Crippen LogP contribution in [0, 0.1) is 11.8 Å². The highest BCUT2D eigenvalue weighted by molar-refractivity contribution is 5.76. The number of amides is 1. The summed E-state index contributed by atoms with van der Waals surface area (Å²) in [4.78, 5) is 13.5. The third-order valence-electron chi connectivity index (χ3n) is 3.21. The lowest BCUT2D eigenvalue weighted by atomic mass is 9.94. The lowest BCUT2D eigenvalue weighted by Crippen LogP contribution is -2.33. The van der Waals surface area contributed by atoms with Gasteiger partial charge < -0.3 is 20.8 Å². The summed E-state index contributed by atoms with van der Waals surface area (Å²) in [6, 6.07) is 0. The second kappa shape index (κ2) is 6.33. The number of carbonyl (C=O) groups is 1. The number of likely N-dealkylation sites (tertiary alicyclic amines) is 1. The van der Waals surface area contributed by atoms with E-state index in [1.807, 2.05) is 0 Å². The molecule has 17 heavy (non-hydrogen) atoms. The van der Waals surface area contributed by atoms with Crippen molar-refractivity contribution in [2.45, 2.75) is 38.9 Å². The zero-order valence-corrected chi connectivity index (χ0v) is 10.7. The van der Waals surface area contributed by atoms with E-state index < -0.39 is 12.2 Å². The minimum Gasteiger partial charge on any atom is -0.388 e. The highest BCUT2D eigenvalue weighted by Gasteiger charge is 2.32. The van der Waals surface area contributed by atoms with Gasteiger partial charge >= 0.3 is 0 Å². The van der Waals surface area contributed by atoms with Crippen molar-refractivity contribution in [2.75, 3.05) is 19.6 Å². The summed E-state index contributed by atoms with van der Waals surface area (Å²) in [5.41, 5.74) is 5.65. The molecular weight excluding hydrogens is 220 g/mol. The van der Waals surface area contributed by atoms with Crippen molar-refractivity contribution in [1.82, 2.24) is 4.90 Å². The smallest absolute Gasteiger partial charge is 0.223 e. The summed E-state index contributed by atoms with van der Waals surface area (Å²) >= 11 is 0. The third-order valence-corrected chi connectivity index (χ3v) is 3.21. The predicted octanol–water partition coefficient (Wildman–Crippen LogP) is -0.438. The topological polar surface area (TPSA) is 86.8 Å². The Morgan fingerprint density at radius 3 is 2.29 bits per heavy atom. The van der Waals surface area contributed by atoms with E-state index in [1.165, 1.54) is 4.90 Å². The normalized spacial score (nSPS) is 26.6. The molecule has 0 saturated carbocycles. The number of hydrogen-bond donors (Lipinski definition) is 3. The van der Waals surface area contributed by atoms with Gasteiger partial charge in [-0.05, 0) is 24.8 Å². The number of aliphatic hydroxyl groups is 2. The molecule has 0 radical (unpaired) electrons. The molecule has 1 rings (SSSR count). The van der Waals surface area contributed by atoms with Crippen LogP contribution >= 0.6 is 0 Å². The lowest BCUT2D eigenvalue weighted by molar-refractivity contribution is -0.131.